The fourth-order valence-corrected chi connectivity index (χ4v) is 1.22. The van der Waals surface area contributed by atoms with Gasteiger partial charge in [0.15, 0.2) is 0 Å². The third-order valence-electron chi connectivity index (χ3n) is 1.94. The first-order valence-corrected chi connectivity index (χ1v) is 5.17. The van der Waals surface area contributed by atoms with Crippen LogP contribution in [0.3, 0.4) is 0 Å². The minimum Gasteiger partial charge on any atom is -0.260 e. The Kier molecular flexibility index (Phi) is 2.89. The van der Waals surface area contributed by atoms with Crippen LogP contribution < -0.4 is 0 Å². The van der Waals surface area contributed by atoms with Crippen molar-refractivity contribution in [3.05, 3.63) is 29.6 Å². The van der Waals surface area contributed by atoms with E-state index in [0.717, 1.165) is 11.0 Å². The molecule has 0 aliphatic heterocycles. The SMILES string of the molecule is Cc1ccc(C(C)(C)CBr)nc1. The Bertz CT molecular complexity index is 251. The molecule has 0 aromatic carbocycles. The van der Waals surface area contributed by atoms with Gasteiger partial charge in [0, 0.05) is 22.6 Å². The standard InChI is InChI=1S/C10H14BrN/c1-8-4-5-9(12-6-8)10(2,3)7-11/h4-6H,7H2,1-3H3. The average Bonchev–Trinajstić information content (AvgIpc) is 2.05. The van der Waals surface area contributed by atoms with E-state index in [1.54, 1.807) is 0 Å². The number of hydrogen-bond donors (Lipinski definition) is 0. The maximum atomic E-state index is 4.39. The average molecular weight is 228 g/mol. The summed E-state index contributed by atoms with van der Waals surface area (Å²) in [5.74, 6) is 0. The van der Waals surface area contributed by atoms with E-state index < -0.39 is 0 Å². The van der Waals surface area contributed by atoms with Gasteiger partial charge in [-0.25, -0.2) is 0 Å². The summed E-state index contributed by atoms with van der Waals surface area (Å²) < 4.78 is 0. The van der Waals surface area contributed by atoms with Gasteiger partial charge in [-0.1, -0.05) is 35.8 Å². The molecule has 66 valence electrons. The summed E-state index contributed by atoms with van der Waals surface area (Å²) in [5.41, 5.74) is 2.49. The molecule has 0 fully saturated rings. The second-order valence-electron chi connectivity index (χ2n) is 3.74. The van der Waals surface area contributed by atoms with Gasteiger partial charge in [0.1, 0.15) is 0 Å². The van der Waals surface area contributed by atoms with Crippen molar-refractivity contribution in [2.75, 3.05) is 5.33 Å². The quantitative estimate of drug-likeness (QED) is 0.709. The summed E-state index contributed by atoms with van der Waals surface area (Å²) in [6.45, 7) is 6.41. The van der Waals surface area contributed by atoms with Gasteiger partial charge in [-0.15, -0.1) is 0 Å². The second kappa shape index (κ2) is 3.56. The monoisotopic (exact) mass is 227 g/mol. The molecule has 1 heterocycles. The molecular formula is C10H14BrN. The molecule has 0 unspecified atom stereocenters. The summed E-state index contributed by atoms with van der Waals surface area (Å²) in [4.78, 5) is 4.39. The van der Waals surface area contributed by atoms with E-state index in [9.17, 15) is 0 Å². The molecule has 2 heteroatoms. The van der Waals surface area contributed by atoms with Gasteiger partial charge in [-0.05, 0) is 18.6 Å². The largest absolute Gasteiger partial charge is 0.260 e. The molecule has 1 aromatic rings. The number of halogens is 1. The van der Waals surface area contributed by atoms with Gasteiger partial charge in [-0.3, -0.25) is 4.98 Å². The molecule has 0 spiro atoms. The van der Waals surface area contributed by atoms with Crippen LogP contribution in [0, 0.1) is 6.92 Å². The fourth-order valence-electron chi connectivity index (χ4n) is 0.937. The van der Waals surface area contributed by atoms with Crippen LogP contribution >= 0.6 is 15.9 Å². The fraction of sp³-hybridized carbons (Fsp3) is 0.500. The first-order valence-electron chi connectivity index (χ1n) is 4.05. The van der Waals surface area contributed by atoms with E-state index in [2.05, 4.69) is 53.8 Å². The first kappa shape index (κ1) is 9.72. The maximum absolute atomic E-state index is 4.39. The molecule has 0 saturated heterocycles. The lowest BCUT2D eigenvalue weighted by Crippen LogP contribution is -2.20. The Balaban J connectivity index is 2.96. The molecule has 1 aromatic heterocycles. The number of nitrogens with zero attached hydrogens (tertiary/aromatic N) is 1. The van der Waals surface area contributed by atoms with Crippen molar-refractivity contribution in [3.63, 3.8) is 0 Å². The van der Waals surface area contributed by atoms with Gasteiger partial charge < -0.3 is 0 Å². The Morgan fingerprint density at radius 2 is 2.08 bits per heavy atom. The molecule has 0 radical (unpaired) electrons. The number of aromatic nitrogens is 1. The number of rotatable bonds is 2. The smallest absolute Gasteiger partial charge is 0.0468 e. The Morgan fingerprint density at radius 1 is 1.42 bits per heavy atom. The first-order chi connectivity index (χ1) is 5.56. The minimum absolute atomic E-state index is 0.133. The molecule has 0 aliphatic rings. The highest BCUT2D eigenvalue weighted by atomic mass is 79.9. The zero-order valence-corrected chi connectivity index (χ0v) is 9.35. The van der Waals surface area contributed by atoms with Crippen LogP contribution in [0.2, 0.25) is 0 Å². The molecule has 0 N–H and O–H groups in total. The zero-order chi connectivity index (χ0) is 9.19. The lowest BCUT2D eigenvalue weighted by atomic mass is 9.91. The highest BCUT2D eigenvalue weighted by molar-refractivity contribution is 9.09. The Labute approximate surface area is 82.3 Å². The van der Waals surface area contributed by atoms with E-state index in [0.29, 0.717) is 0 Å². The molecule has 0 atom stereocenters. The normalized spacial score (nSPS) is 11.7. The predicted molar refractivity (Wildman–Crippen MR) is 55.8 cm³/mol. The van der Waals surface area contributed by atoms with Crippen LogP contribution in [-0.4, -0.2) is 10.3 Å². The van der Waals surface area contributed by atoms with Crippen LogP contribution in [0.15, 0.2) is 18.3 Å². The third-order valence-corrected chi connectivity index (χ3v) is 3.34. The second-order valence-corrected chi connectivity index (χ2v) is 4.30. The number of alkyl halides is 1. The van der Waals surface area contributed by atoms with Crippen molar-refractivity contribution < 1.29 is 0 Å². The van der Waals surface area contributed by atoms with E-state index in [1.807, 2.05) is 6.20 Å². The molecule has 0 bridgehead atoms. The van der Waals surface area contributed by atoms with Crippen LogP contribution in [0.1, 0.15) is 25.1 Å². The zero-order valence-electron chi connectivity index (χ0n) is 7.76. The van der Waals surface area contributed by atoms with Gasteiger partial charge >= 0.3 is 0 Å². The van der Waals surface area contributed by atoms with Crippen LogP contribution in [-0.2, 0) is 5.41 Å². The molecule has 1 nitrogen and oxygen atoms in total. The lowest BCUT2D eigenvalue weighted by molar-refractivity contribution is 0.584. The van der Waals surface area contributed by atoms with Crippen LogP contribution in [0.25, 0.3) is 0 Å². The van der Waals surface area contributed by atoms with E-state index in [4.69, 9.17) is 0 Å². The van der Waals surface area contributed by atoms with Crippen molar-refractivity contribution in [2.45, 2.75) is 26.2 Å². The summed E-state index contributed by atoms with van der Waals surface area (Å²) in [5, 5.41) is 0.941. The third kappa shape index (κ3) is 2.07. The predicted octanol–water partition coefficient (Wildman–Crippen LogP) is 3.06. The Morgan fingerprint density at radius 3 is 2.50 bits per heavy atom. The Hall–Kier alpha value is -0.370. The van der Waals surface area contributed by atoms with Crippen molar-refractivity contribution >= 4 is 15.9 Å². The summed E-state index contributed by atoms with van der Waals surface area (Å²) in [6, 6.07) is 4.20. The van der Waals surface area contributed by atoms with Crippen molar-refractivity contribution in [1.82, 2.24) is 4.98 Å². The van der Waals surface area contributed by atoms with E-state index >= 15 is 0 Å². The topological polar surface area (TPSA) is 12.9 Å². The summed E-state index contributed by atoms with van der Waals surface area (Å²) in [7, 11) is 0. The molecule has 0 saturated carbocycles. The molecule has 1 rings (SSSR count). The van der Waals surface area contributed by atoms with Crippen molar-refractivity contribution in [3.8, 4) is 0 Å². The van der Waals surface area contributed by atoms with Crippen LogP contribution in [0.4, 0.5) is 0 Å². The van der Waals surface area contributed by atoms with Gasteiger partial charge in [0.2, 0.25) is 0 Å². The minimum atomic E-state index is 0.133. The highest BCUT2D eigenvalue weighted by Crippen LogP contribution is 2.22. The molecule has 0 amide bonds. The lowest BCUT2D eigenvalue weighted by Gasteiger charge is -2.20. The maximum Gasteiger partial charge on any atom is 0.0468 e. The van der Waals surface area contributed by atoms with Crippen LogP contribution in [0.5, 0.6) is 0 Å². The highest BCUT2D eigenvalue weighted by Gasteiger charge is 2.19. The van der Waals surface area contributed by atoms with Gasteiger partial charge in [-0.2, -0.15) is 0 Å². The van der Waals surface area contributed by atoms with Gasteiger partial charge in [0.05, 0.1) is 0 Å². The van der Waals surface area contributed by atoms with E-state index in [1.165, 1.54) is 5.56 Å². The number of hydrogen-bond acceptors (Lipinski definition) is 1. The molecular weight excluding hydrogens is 214 g/mol. The van der Waals surface area contributed by atoms with Crippen molar-refractivity contribution in [2.24, 2.45) is 0 Å². The van der Waals surface area contributed by atoms with E-state index in [-0.39, 0.29) is 5.41 Å². The molecule has 0 aliphatic carbocycles. The summed E-state index contributed by atoms with van der Waals surface area (Å²) >= 11 is 3.49. The number of pyridine rings is 1. The van der Waals surface area contributed by atoms with Gasteiger partial charge in [0.25, 0.3) is 0 Å². The summed E-state index contributed by atoms with van der Waals surface area (Å²) in [6.07, 6.45) is 1.92. The molecule has 12 heavy (non-hydrogen) atoms. The van der Waals surface area contributed by atoms with Crippen molar-refractivity contribution in [1.29, 1.82) is 0 Å². The number of aryl methyl sites for hydroxylation is 1.